The monoisotopic (exact) mass is 391 g/mol. The van der Waals surface area contributed by atoms with Crippen molar-refractivity contribution in [2.45, 2.75) is 46.7 Å². The highest BCUT2D eigenvalue weighted by molar-refractivity contribution is 9.11. The molecule has 0 radical (unpaired) electrons. The molecule has 2 nitrogen and oxygen atoms in total. The molecular formula is C15H23Br2NO. The molecule has 0 aliphatic carbocycles. The smallest absolute Gasteiger partial charge is 0.147 e. The van der Waals surface area contributed by atoms with E-state index in [0.717, 1.165) is 34.3 Å². The number of hydrogen-bond donors (Lipinski definition) is 1. The molecule has 4 heteroatoms. The first-order chi connectivity index (χ1) is 8.90. The first-order valence-electron chi connectivity index (χ1n) is 6.74. The van der Waals surface area contributed by atoms with Gasteiger partial charge in [-0.3, -0.25) is 0 Å². The zero-order valence-corrected chi connectivity index (χ0v) is 15.3. The minimum absolute atomic E-state index is 0.486. The summed E-state index contributed by atoms with van der Waals surface area (Å²) in [6, 6.07) is 4.72. The molecule has 0 unspecified atom stereocenters. The maximum absolute atomic E-state index is 5.84. The van der Waals surface area contributed by atoms with E-state index in [-0.39, 0.29) is 0 Å². The Morgan fingerprint density at radius 2 is 1.68 bits per heavy atom. The van der Waals surface area contributed by atoms with Crippen LogP contribution in [0.15, 0.2) is 21.1 Å². The Bertz CT molecular complexity index is 382. The fourth-order valence-electron chi connectivity index (χ4n) is 1.57. The molecule has 0 spiro atoms. The van der Waals surface area contributed by atoms with Crippen molar-refractivity contribution in [1.29, 1.82) is 0 Å². The van der Waals surface area contributed by atoms with E-state index in [1.165, 1.54) is 5.56 Å². The lowest BCUT2D eigenvalue weighted by atomic mass is 10.1. The van der Waals surface area contributed by atoms with Crippen molar-refractivity contribution in [3.05, 3.63) is 26.6 Å². The third kappa shape index (κ3) is 6.28. The molecule has 0 atom stereocenters. The van der Waals surface area contributed by atoms with Crippen LogP contribution >= 0.6 is 31.9 Å². The Morgan fingerprint density at radius 1 is 1.11 bits per heavy atom. The second-order valence-electron chi connectivity index (χ2n) is 5.46. The molecule has 0 aliphatic heterocycles. The van der Waals surface area contributed by atoms with Crippen LogP contribution in [0, 0.1) is 5.92 Å². The van der Waals surface area contributed by atoms with E-state index >= 15 is 0 Å². The number of hydrogen-bond acceptors (Lipinski definition) is 2. The summed E-state index contributed by atoms with van der Waals surface area (Å²) in [5.41, 5.74) is 1.24. The number of halogens is 2. The normalized spacial score (nSPS) is 11.4. The standard InChI is InChI=1S/C15H23Br2NO/c1-10(2)5-6-19-15-13(16)7-12(8-14(15)17)9-18-11(3)4/h7-8,10-11,18H,5-6,9H2,1-4H3. The molecular weight excluding hydrogens is 370 g/mol. The lowest BCUT2D eigenvalue weighted by molar-refractivity contribution is 0.286. The van der Waals surface area contributed by atoms with Gasteiger partial charge in [-0.05, 0) is 61.9 Å². The highest BCUT2D eigenvalue weighted by Gasteiger charge is 2.09. The Labute approximate surface area is 133 Å². The van der Waals surface area contributed by atoms with Crippen LogP contribution < -0.4 is 10.1 Å². The first kappa shape index (κ1) is 17.0. The predicted molar refractivity (Wildman–Crippen MR) is 88.8 cm³/mol. The molecule has 0 amide bonds. The second-order valence-corrected chi connectivity index (χ2v) is 7.16. The number of benzene rings is 1. The predicted octanol–water partition coefficient (Wildman–Crippen LogP) is 5.13. The summed E-state index contributed by atoms with van der Waals surface area (Å²) in [6.07, 6.45) is 1.07. The summed E-state index contributed by atoms with van der Waals surface area (Å²) in [5.74, 6) is 1.56. The minimum Gasteiger partial charge on any atom is -0.491 e. The van der Waals surface area contributed by atoms with Gasteiger partial charge in [0.05, 0.1) is 15.6 Å². The van der Waals surface area contributed by atoms with Crippen LogP contribution in [0.25, 0.3) is 0 Å². The molecule has 108 valence electrons. The van der Waals surface area contributed by atoms with E-state index in [2.05, 4.69) is 77.0 Å². The van der Waals surface area contributed by atoms with Gasteiger partial charge in [-0.15, -0.1) is 0 Å². The zero-order valence-electron chi connectivity index (χ0n) is 12.1. The zero-order chi connectivity index (χ0) is 14.4. The molecule has 0 bridgehead atoms. The lowest BCUT2D eigenvalue weighted by Gasteiger charge is -2.14. The van der Waals surface area contributed by atoms with E-state index in [0.29, 0.717) is 12.0 Å². The van der Waals surface area contributed by atoms with Crippen molar-refractivity contribution < 1.29 is 4.74 Å². The average molecular weight is 393 g/mol. The van der Waals surface area contributed by atoms with Crippen molar-refractivity contribution in [3.8, 4) is 5.75 Å². The van der Waals surface area contributed by atoms with Gasteiger partial charge in [0.1, 0.15) is 5.75 Å². The van der Waals surface area contributed by atoms with Crippen LogP contribution in [-0.4, -0.2) is 12.6 Å². The van der Waals surface area contributed by atoms with Gasteiger partial charge >= 0.3 is 0 Å². The highest BCUT2D eigenvalue weighted by atomic mass is 79.9. The molecule has 0 aliphatic rings. The number of ether oxygens (including phenoxy) is 1. The van der Waals surface area contributed by atoms with Gasteiger partial charge in [0, 0.05) is 12.6 Å². The fourth-order valence-corrected chi connectivity index (χ4v) is 3.08. The second kappa shape index (κ2) is 8.28. The first-order valence-corrected chi connectivity index (χ1v) is 8.32. The maximum atomic E-state index is 5.84. The molecule has 0 heterocycles. The van der Waals surface area contributed by atoms with Gasteiger partial charge in [0.25, 0.3) is 0 Å². The summed E-state index contributed by atoms with van der Waals surface area (Å²) in [4.78, 5) is 0. The Balaban J connectivity index is 2.68. The van der Waals surface area contributed by atoms with Crippen LogP contribution in [0.2, 0.25) is 0 Å². The maximum Gasteiger partial charge on any atom is 0.147 e. The average Bonchev–Trinajstić information content (AvgIpc) is 2.29. The van der Waals surface area contributed by atoms with E-state index in [9.17, 15) is 0 Å². The molecule has 1 aromatic carbocycles. The third-order valence-electron chi connectivity index (χ3n) is 2.71. The molecule has 1 N–H and O–H groups in total. The molecule has 0 fully saturated rings. The van der Waals surface area contributed by atoms with Crippen molar-refractivity contribution in [1.82, 2.24) is 5.32 Å². The van der Waals surface area contributed by atoms with Crippen molar-refractivity contribution in [3.63, 3.8) is 0 Å². The van der Waals surface area contributed by atoms with Gasteiger partial charge in [0.15, 0.2) is 0 Å². The van der Waals surface area contributed by atoms with Gasteiger partial charge in [-0.2, -0.15) is 0 Å². The van der Waals surface area contributed by atoms with Crippen LogP contribution in [0.1, 0.15) is 39.7 Å². The lowest BCUT2D eigenvalue weighted by Crippen LogP contribution is -2.21. The molecule has 0 saturated heterocycles. The van der Waals surface area contributed by atoms with Crippen LogP contribution in [-0.2, 0) is 6.54 Å². The largest absolute Gasteiger partial charge is 0.491 e. The van der Waals surface area contributed by atoms with Crippen LogP contribution in [0.4, 0.5) is 0 Å². The van der Waals surface area contributed by atoms with Crippen LogP contribution in [0.5, 0.6) is 5.75 Å². The van der Waals surface area contributed by atoms with E-state index in [1.54, 1.807) is 0 Å². The highest BCUT2D eigenvalue weighted by Crippen LogP contribution is 2.35. The Morgan fingerprint density at radius 3 is 2.16 bits per heavy atom. The summed E-state index contributed by atoms with van der Waals surface area (Å²) >= 11 is 7.18. The number of rotatable bonds is 7. The van der Waals surface area contributed by atoms with E-state index in [1.807, 2.05) is 0 Å². The quantitative estimate of drug-likeness (QED) is 0.693. The van der Waals surface area contributed by atoms with Gasteiger partial charge in [-0.1, -0.05) is 27.7 Å². The summed E-state index contributed by atoms with van der Waals surface area (Å²) in [7, 11) is 0. The van der Waals surface area contributed by atoms with Crippen molar-refractivity contribution >= 4 is 31.9 Å². The van der Waals surface area contributed by atoms with Gasteiger partial charge < -0.3 is 10.1 Å². The topological polar surface area (TPSA) is 21.3 Å². The Hall–Kier alpha value is -0.0600. The summed E-state index contributed by atoms with van der Waals surface area (Å²) in [5, 5.41) is 3.41. The van der Waals surface area contributed by atoms with Crippen LogP contribution in [0.3, 0.4) is 0 Å². The molecule has 1 aromatic rings. The summed E-state index contributed by atoms with van der Waals surface area (Å²) in [6.45, 7) is 10.3. The minimum atomic E-state index is 0.486. The van der Waals surface area contributed by atoms with Crippen molar-refractivity contribution in [2.75, 3.05) is 6.61 Å². The van der Waals surface area contributed by atoms with Gasteiger partial charge in [-0.25, -0.2) is 0 Å². The van der Waals surface area contributed by atoms with Gasteiger partial charge in [0.2, 0.25) is 0 Å². The fraction of sp³-hybridized carbons (Fsp3) is 0.600. The number of nitrogens with one attached hydrogen (secondary N) is 1. The molecule has 19 heavy (non-hydrogen) atoms. The molecule has 0 aromatic heterocycles. The van der Waals surface area contributed by atoms with E-state index in [4.69, 9.17) is 4.74 Å². The van der Waals surface area contributed by atoms with E-state index < -0.39 is 0 Å². The third-order valence-corrected chi connectivity index (χ3v) is 3.89. The molecule has 0 saturated carbocycles. The van der Waals surface area contributed by atoms with Crippen molar-refractivity contribution in [2.24, 2.45) is 5.92 Å². The summed E-state index contributed by atoms with van der Waals surface area (Å²) < 4.78 is 7.86. The molecule has 1 rings (SSSR count). The Kier molecular flexibility index (Phi) is 7.40. The SMILES string of the molecule is CC(C)CCOc1c(Br)cc(CNC(C)C)cc1Br.